The molecule has 0 aromatic heterocycles. The number of aliphatic hydroxyl groups excluding tert-OH is 1. The van der Waals surface area contributed by atoms with Crippen molar-refractivity contribution in [1.82, 2.24) is 0 Å². The van der Waals surface area contributed by atoms with E-state index in [9.17, 15) is 0 Å². The molecule has 1 aliphatic heterocycles. The first-order chi connectivity index (χ1) is 3.80. The summed E-state index contributed by atoms with van der Waals surface area (Å²) >= 11 is 0. The largest absolute Gasteiger partial charge is 0.508 e. The average molecular weight is 112 g/mol. The van der Waals surface area contributed by atoms with Crippen molar-refractivity contribution in [2.75, 3.05) is 6.61 Å². The number of aliphatic hydroxyl groups is 1. The molecule has 2 nitrogen and oxygen atoms in total. The van der Waals surface area contributed by atoms with Gasteiger partial charge >= 0.3 is 0 Å². The maximum atomic E-state index is 8.89. The molecule has 1 rings (SSSR count). The van der Waals surface area contributed by atoms with Crippen molar-refractivity contribution in [3.8, 4) is 0 Å². The minimum atomic E-state index is 0.330. The van der Waals surface area contributed by atoms with Crippen LogP contribution in [0.25, 0.3) is 0 Å². The summed E-state index contributed by atoms with van der Waals surface area (Å²) in [6.07, 6.45) is 3.19. The lowest BCUT2D eigenvalue weighted by Gasteiger charge is -2.06. The zero-order valence-electron chi connectivity index (χ0n) is 4.72. The summed E-state index contributed by atoms with van der Waals surface area (Å²) in [5.41, 5.74) is 0.788. The lowest BCUT2D eigenvalue weighted by molar-refractivity contribution is 0.265. The average Bonchev–Trinajstić information content (AvgIpc) is 1.77. The van der Waals surface area contributed by atoms with Crippen LogP contribution in [0.4, 0.5) is 0 Å². The summed E-state index contributed by atoms with van der Waals surface area (Å²) in [4.78, 5) is 0. The lowest BCUT2D eigenvalue weighted by Crippen LogP contribution is -1.95. The van der Waals surface area contributed by atoms with Crippen LogP contribution in [0.2, 0.25) is 0 Å². The molecule has 0 amide bonds. The first kappa shape index (κ1) is 5.22. The second kappa shape index (κ2) is 1.90. The second-order valence-electron chi connectivity index (χ2n) is 1.72. The first-order valence-electron chi connectivity index (χ1n) is 2.48. The number of hydrogen-bond donors (Lipinski definition) is 1. The van der Waals surface area contributed by atoms with E-state index in [1.807, 2.05) is 0 Å². The Morgan fingerprint density at radius 2 is 2.50 bits per heavy atom. The van der Waals surface area contributed by atoms with Crippen LogP contribution in [0.5, 0.6) is 0 Å². The van der Waals surface area contributed by atoms with E-state index in [1.165, 1.54) is 0 Å². The predicted octanol–water partition coefficient (Wildman–Crippen LogP) is 1.36. The van der Waals surface area contributed by atoms with Gasteiger partial charge in [-0.2, -0.15) is 0 Å². The summed E-state index contributed by atoms with van der Waals surface area (Å²) in [7, 11) is 0. The van der Waals surface area contributed by atoms with Crippen LogP contribution in [0.1, 0.15) is 6.92 Å². The number of rotatable bonds is 0. The van der Waals surface area contributed by atoms with E-state index in [0.717, 1.165) is 5.57 Å². The molecule has 0 aromatic carbocycles. The molecule has 1 N–H and O–H groups in total. The van der Waals surface area contributed by atoms with Gasteiger partial charge in [-0.3, -0.25) is 0 Å². The van der Waals surface area contributed by atoms with E-state index < -0.39 is 0 Å². The maximum Gasteiger partial charge on any atom is 0.120 e. The first-order valence-corrected chi connectivity index (χ1v) is 2.48. The Morgan fingerprint density at radius 3 is 2.88 bits per heavy atom. The summed E-state index contributed by atoms with van der Waals surface area (Å²) in [6, 6.07) is 0. The molecule has 0 bridgehead atoms. The fourth-order valence-corrected chi connectivity index (χ4v) is 0.522. The van der Waals surface area contributed by atoms with Gasteiger partial charge in [0.05, 0.1) is 6.26 Å². The molecule has 0 unspecified atom stereocenters. The van der Waals surface area contributed by atoms with Gasteiger partial charge < -0.3 is 9.84 Å². The van der Waals surface area contributed by atoms with Crippen molar-refractivity contribution in [3.63, 3.8) is 0 Å². The fraction of sp³-hybridized carbons (Fsp3) is 0.333. The number of allylic oxidation sites excluding steroid dienone is 1. The van der Waals surface area contributed by atoms with Crippen LogP contribution in [0.15, 0.2) is 23.7 Å². The topological polar surface area (TPSA) is 29.5 Å². The smallest absolute Gasteiger partial charge is 0.120 e. The van der Waals surface area contributed by atoms with Crippen LogP contribution < -0.4 is 0 Å². The zero-order chi connectivity index (χ0) is 5.98. The van der Waals surface area contributed by atoms with Crippen molar-refractivity contribution >= 4 is 0 Å². The van der Waals surface area contributed by atoms with Gasteiger partial charge in [0.25, 0.3) is 0 Å². The highest BCUT2D eigenvalue weighted by Gasteiger charge is 1.99. The molecule has 8 heavy (non-hydrogen) atoms. The zero-order valence-corrected chi connectivity index (χ0v) is 4.72. The standard InChI is InChI=1S/C6H8O2/c1-5-4-8-3-2-6(5)7/h2,4,7H,3H2,1H3. The van der Waals surface area contributed by atoms with Crippen LogP contribution in [-0.4, -0.2) is 11.7 Å². The van der Waals surface area contributed by atoms with Gasteiger partial charge in [0.15, 0.2) is 0 Å². The quantitative estimate of drug-likeness (QED) is 0.512. The monoisotopic (exact) mass is 112 g/mol. The van der Waals surface area contributed by atoms with Gasteiger partial charge in [0.1, 0.15) is 12.4 Å². The third-order valence-corrected chi connectivity index (χ3v) is 1.04. The third kappa shape index (κ3) is 0.832. The van der Waals surface area contributed by atoms with Crippen molar-refractivity contribution in [2.24, 2.45) is 0 Å². The van der Waals surface area contributed by atoms with Gasteiger partial charge in [-0.1, -0.05) is 0 Å². The van der Waals surface area contributed by atoms with Crippen LogP contribution in [0.3, 0.4) is 0 Å². The van der Waals surface area contributed by atoms with Gasteiger partial charge in [0.2, 0.25) is 0 Å². The van der Waals surface area contributed by atoms with Crippen molar-refractivity contribution in [2.45, 2.75) is 6.92 Å². The van der Waals surface area contributed by atoms with Gasteiger partial charge in [0, 0.05) is 5.57 Å². The maximum absolute atomic E-state index is 8.89. The van der Waals surface area contributed by atoms with E-state index in [1.54, 1.807) is 19.3 Å². The van der Waals surface area contributed by atoms with Crippen molar-refractivity contribution in [3.05, 3.63) is 23.7 Å². The highest BCUT2D eigenvalue weighted by molar-refractivity contribution is 5.22. The number of hydrogen-bond acceptors (Lipinski definition) is 2. The third-order valence-electron chi connectivity index (χ3n) is 1.04. The van der Waals surface area contributed by atoms with Gasteiger partial charge in [-0.15, -0.1) is 0 Å². The Balaban J connectivity index is 2.73. The molecule has 1 heterocycles. The molecule has 0 fully saturated rings. The van der Waals surface area contributed by atoms with Crippen molar-refractivity contribution in [1.29, 1.82) is 0 Å². The van der Waals surface area contributed by atoms with Gasteiger partial charge in [-0.05, 0) is 13.0 Å². The normalized spacial score (nSPS) is 18.6. The van der Waals surface area contributed by atoms with Crippen molar-refractivity contribution < 1.29 is 9.84 Å². The van der Waals surface area contributed by atoms with Gasteiger partial charge in [-0.25, -0.2) is 0 Å². The lowest BCUT2D eigenvalue weighted by atomic mass is 10.2. The second-order valence-corrected chi connectivity index (χ2v) is 1.72. The molecule has 0 aliphatic carbocycles. The Morgan fingerprint density at radius 1 is 1.75 bits per heavy atom. The molecule has 0 aromatic rings. The van der Waals surface area contributed by atoms with Crippen LogP contribution >= 0.6 is 0 Å². The Kier molecular flexibility index (Phi) is 1.24. The molecular weight excluding hydrogens is 104 g/mol. The Bertz CT molecular complexity index is 127. The highest BCUT2D eigenvalue weighted by atomic mass is 16.5. The molecule has 1 aliphatic rings. The van der Waals surface area contributed by atoms with E-state index >= 15 is 0 Å². The molecule has 0 radical (unpaired) electrons. The molecule has 44 valence electrons. The van der Waals surface area contributed by atoms with E-state index in [0.29, 0.717) is 12.4 Å². The summed E-state index contributed by atoms with van der Waals surface area (Å²) in [6.45, 7) is 2.29. The van der Waals surface area contributed by atoms with Crippen LogP contribution in [-0.2, 0) is 4.74 Å². The minimum absolute atomic E-state index is 0.330. The molecular formula is C6H8O2. The molecule has 0 atom stereocenters. The highest BCUT2D eigenvalue weighted by Crippen LogP contribution is 2.08. The summed E-state index contributed by atoms with van der Waals surface area (Å²) in [5, 5.41) is 8.89. The van der Waals surface area contributed by atoms with E-state index in [2.05, 4.69) is 0 Å². The SMILES string of the molecule is CC1=COCC=C1O. The molecule has 2 heteroatoms. The van der Waals surface area contributed by atoms with Crippen LogP contribution in [0, 0.1) is 0 Å². The summed E-state index contributed by atoms with van der Waals surface area (Å²) in [5.74, 6) is 0.330. The van der Waals surface area contributed by atoms with E-state index in [4.69, 9.17) is 9.84 Å². The minimum Gasteiger partial charge on any atom is -0.508 e. The molecule has 0 saturated heterocycles. The summed E-state index contributed by atoms with van der Waals surface area (Å²) < 4.78 is 4.85. The fourth-order valence-electron chi connectivity index (χ4n) is 0.522. The Hall–Kier alpha value is -0.920. The molecule has 0 saturated carbocycles. The van der Waals surface area contributed by atoms with E-state index in [-0.39, 0.29) is 0 Å². The molecule has 0 spiro atoms. The number of ether oxygens (including phenoxy) is 1. The predicted molar refractivity (Wildman–Crippen MR) is 30.4 cm³/mol. The Labute approximate surface area is 48.1 Å².